The van der Waals surface area contributed by atoms with E-state index >= 15 is 0 Å². The summed E-state index contributed by atoms with van der Waals surface area (Å²) in [5, 5.41) is 0. The summed E-state index contributed by atoms with van der Waals surface area (Å²) in [4.78, 5) is 0. The topological polar surface area (TPSA) is 23.4 Å². The molecule has 3 heteroatoms. The maximum Gasteiger partial charge on any atom is 0.188 e. The third-order valence-electron chi connectivity index (χ3n) is 3.54. The van der Waals surface area contributed by atoms with E-state index in [-0.39, 0.29) is 6.79 Å². The highest BCUT2D eigenvalue weighted by Crippen LogP contribution is 2.20. The van der Waals surface area contributed by atoms with Crippen molar-refractivity contribution >= 4 is 0 Å². The van der Waals surface area contributed by atoms with Crippen molar-refractivity contribution in [2.24, 2.45) is 0 Å². The number of benzene rings is 2. The maximum atomic E-state index is 5.42. The molecule has 0 radical (unpaired) electrons. The van der Waals surface area contributed by atoms with Gasteiger partial charge in [0.2, 0.25) is 0 Å². The highest BCUT2D eigenvalue weighted by atomic mass is 16.7. The molecule has 3 nitrogen and oxygen atoms in total. The van der Waals surface area contributed by atoms with Crippen molar-refractivity contribution in [1.82, 2.24) is 4.57 Å². The van der Waals surface area contributed by atoms with E-state index in [1.807, 2.05) is 24.3 Å². The molecule has 0 aliphatic heterocycles. The monoisotopic (exact) mass is 293 g/mol. The van der Waals surface area contributed by atoms with Crippen molar-refractivity contribution in [2.75, 3.05) is 13.9 Å². The summed E-state index contributed by atoms with van der Waals surface area (Å²) in [5.74, 6) is 0.823. The number of rotatable bonds is 6. The predicted molar refractivity (Wildman–Crippen MR) is 87.5 cm³/mol. The number of hydrogen-bond donors (Lipinski definition) is 0. The molecule has 0 fully saturated rings. The van der Waals surface area contributed by atoms with Crippen LogP contribution in [-0.2, 0) is 11.2 Å². The zero-order valence-electron chi connectivity index (χ0n) is 12.6. The lowest BCUT2D eigenvalue weighted by molar-refractivity contribution is 0.0511. The molecular weight excluding hydrogens is 274 g/mol. The maximum absolute atomic E-state index is 5.42. The lowest BCUT2D eigenvalue weighted by atomic mass is 10.0. The fourth-order valence-electron chi connectivity index (χ4n) is 2.46. The summed E-state index contributed by atoms with van der Waals surface area (Å²) in [7, 11) is 1.62. The molecule has 1 heterocycles. The number of methoxy groups -OCH3 is 1. The Morgan fingerprint density at radius 3 is 2.32 bits per heavy atom. The smallest absolute Gasteiger partial charge is 0.188 e. The van der Waals surface area contributed by atoms with Gasteiger partial charge >= 0.3 is 0 Å². The summed E-state index contributed by atoms with van der Waals surface area (Å²) < 4.78 is 12.5. The highest BCUT2D eigenvalue weighted by Gasteiger charge is 2.04. The average Bonchev–Trinajstić information content (AvgIpc) is 3.09. The van der Waals surface area contributed by atoms with E-state index in [1.54, 1.807) is 7.11 Å². The summed E-state index contributed by atoms with van der Waals surface area (Å²) in [6.45, 7) is 0.274. The van der Waals surface area contributed by atoms with Crippen molar-refractivity contribution in [3.63, 3.8) is 0 Å². The minimum absolute atomic E-state index is 0.274. The Labute approximate surface area is 130 Å². The molecule has 0 amide bonds. The Balaban J connectivity index is 1.79. The fourth-order valence-corrected chi connectivity index (χ4v) is 2.46. The third kappa shape index (κ3) is 3.38. The van der Waals surface area contributed by atoms with E-state index in [0.29, 0.717) is 0 Å². The van der Waals surface area contributed by atoms with Crippen LogP contribution in [-0.4, -0.2) is 18.5 Å². The third-order valence-corrected chi connectivity index (χ3v) is 3.54. The van der Waals surface area contributed by atoms with Crippen LogP contribution in [0.3, 0.4) is 0 Å². The van der Waals surface area contributed by atoms with Gasteiger partial charge in [-0.15, -0.1) is 0 Å². The molecule has 2 aromatic carbocycles. The van der Waals surface area contributed by atoms with Gasteiger partial charge in [-0.25, -0.2) is 0 Å². The highest BCUT2D eigenvalue weighted by molar-refractivity contribution is 5.44. The Kier molecular flexibility index (Phi) is 4.56. The molecular formula is C19H19NO2. The molecule has 0 N–H and O–H groups in total. The van der Waals surface area contributed by atoms with Crippen LogP contribution in [0.25, 0.3) is 5.69 Å². The lowest BCUT2D eigenvalue weighted by Gasteiger charge is -2.11. The minimum atomic E-state index is 0.274. The molecule has 0 saturated heterocycles. The van der Waals surface area contributed by atoms with E-state index < -0.39 is 0 Å². The largest absolute Gasteiger partial charge is 0.468 e. The molecule has 3 aromatic rings. The summed E-state index contributed by atoms with van der Waals surface area (Å²) >= 11 is 0. The Bertz CT molecular complexity index is 703. The van der Waals surface area contributed by atoms with Crippen molar-refractivity contribution in [1.29, 1.82) is 0 Å². The molecule has 22 heavy (non-hydrogen) atoms. The van der Waals surface area contributed by atoms with Crippen LogP contribution in [0, 0.1) is 0 Å². The van der Waals surface area contributed by atoms with Gasteiger partial charge in [-0.3, -0.25) is 0 Å². The van der Waals surface area contributed by atoms with E-state index in [4.69, 9.17) is 9.47 Å². The second-order valence-electron chi connectivity index (χ2n) is 5.09. The average molecular weight is 293 g/mol. The molecule has 3 rings (SSSR count). The van der Waals surface area contributed by atoms with Gasteiger partial charge in [-0.2, -0.15) is 0 Å². The van der Waals surface area contributed by atoms with Crippen molar-refractivity contribution in [3.8, 4) is 11.4 Å². The van der Waals surface area contributed by atoms with Crippen LogP contribution in [0.4, 0.5) is 0 Å². The minimum Gasteiger partial charge on any atom is -0.468 e. The first-order chi connectivity index (χ1) is 10.9. The zero-order valence-corrected chi connectivity index (χ0v) is 12.6. The first-order valence-electron chi connectivity index (χ1n) is 7.29. The van der Waals surface area contributed by atoms with Gasteiger partial charge in [0.05, 0.1) is 0 Å². The molecule has 0 unspecified atom stereocenters. The van der Waals surface area contributed by atoms with Crippen molar-refractivity contribution in [3.05, 3.63) is 84.2 Å². The standard InChI is InChI=1S/C19H19NO2/c1-21-15-22-18-10-8-16(9-11-18)14-17-6-2-3-7-19(17)20-12-4-5-13-20/h2-13H,14-15H2,1H3. The number of aromatic nitrogens is 1. The zero-order chi connectivity index (χ0) is 15.2. The normalized spacial score (nSPS) is 10.6. The summed E-state index contributed by atoms with van der Waals surface area (Å²) in [6.07, 6.45) is 5.03. The van der Waals surface area contributed by atoms with Crippen LogP contribution in [0.2, 0.25) is 0 Å². The summed E-state index contributed by atoms with van der Waals surface area (Å²) in [6, 6.07) is 20.7. The van der Waals surface area contributed by atoms with Gasteiger partial charge in [0, 0.05) is 25.2 Å². The second kappa shape index (κ2) is 6.96. The van der Waals surface area contributed by atoms with E-state index in [0.717, 1.165) is 12.2 Å². The van der Waals surface area contributed by atoms with Crippen LogP contribution in [0.15, 0.2) is 73.1 Å². The Hall–Kier alpha value is -2.52. The van der Waals surface area contributed by atoms with Crippen molar-refractivity contribution in [2.45, 2.75) is 6.42 Å². The molecule has 0 saturated carbocycles. The molecule has 112 valence electrons. The molecule has 0 atom stereocenters. The van der Waals surface area contributed by atoms with Gasteiger partial charge < -0.3 is 14.0 Å². The van der Waals surface area contributed by atoms with Gasteiger partial charge in [0.1, 0.15) is 5.75 Å². The van der Waals surface area contributed by atoms with E-state index in [1.165, 1.54) is 16.8 Å². The van der Waals surface area contributed by atoms with Gasteiger partial charge in [0.15, 0.2) is 6.79 Å². The molecule has 1 aromatic heterocycles. The van der Waals surface area contributed by atoms with Gasteiger partial charge in [-0.1, -0.05) is 30.3 Å². The lowest BCUT2D eigenvalue weighted by Crippen LogP contribution is -2.00. The number of nitrogens with zero attached hydrogens (tertiary/aromatic N) is 1. The van der Waals surface area contributed by atoms with Crippen LogP contribution in [0.5, 0.6) is 5.75 Å². The Morgan fingerprint density at radius 1 is 0.864 bits per heavy atom. The molecule has 0 aliphatic rings. The fraction of sp³-hybridized carbons (Fsp3) is 0.158. The van der Waals surface area contributed by atoms with E-state index in [2.05, 4.69) is 53.4 Å². The number of hydrogen-bond acceptors (Lipinski definition) is 2. The van der Waals surface area contributed by atoms with Gasteiger partial charge in [-0.05, 0) is 47.9 Å². The molecule has 0 aliphatic carbocycles. The predicted octanol–water partition coefficient (Wildman–Crippen LogP) is 4.05. The van der Waals surface area contributed by atoms with Crippen molar-refractivity contribution < 1.29 is 9.47 Å². The van der Waals surface area contributed by atoms with Crippen LogP contribution < -0.4 is 4.74 Å². The molecule has 0 spiro atoms. The Morgan fingerprint density at radius 2 is 1.59 bits per heavy atom. The number of ether oxygens (including phenoxy) is 2. The van der Waals surface area contributed by atoms with Gasteiger partial charge in [0.25, 0.3) is 0 Å². The SMILES string of the molecule is COCOc1ccc(Cc2ccccc2-n2cccc2)cc1. The van der Waals surface area contributed by atoms with E-state index in [9.17, 15) is 0 Å². The first kappa shape index (κ1) is 14.4. The van der Waals surface area contributed by atoms with Crippen LogP contribution >= 0.6 is 0 Å². The van der Waals surface area contributed by atoms with Crippen LogP contribution in [0.1, 0.15) is 11.1 Å². The number of para-hydroxylation sites is 1. The first-order valence-corrected chi connectivity index (χ1v) is 7.29. The summed E-state index contributed by atoms with van der Waals surface area (Å²) in [5.41, 5.74) is 3.76. The quantitative estimate of drug-likeness (QED) is 0.640. The molecule has 0 bridgehead atoms. The second-order valence-corrected chi connectivity index (χ2v) is 5.09.